The van der Waals surface area contributed by atoms with Crippen LogP contribution in [0.1, 0.15) is 49.6 Å². The fraction of sp³-hybridized carbons (Fsp3) is 0.407. The zero-order valence-corrected chi connectivity index (χ0v) is 22.2. The fourth-order valence-electron chi connectivity index (χ4n) is 4.55. The summed E-state index contributed by atoms with van der Waals surface area (Å²) in [6.45, 7) is 5.24. The molecule has 4 rings (SSSR count). The molecular weight excluding hydrogens is 498 g/mol. The van der Waals surface area contributed by atoms with Crippen LogP contribution in [0, 0.1) is 0 Å². The summed E-state index contributed by atoms with van der Waals surface area (Å²) in [6, 6.07) is 16.3. The summed E-state index contributed by atoms with van der Waals surface area (Å²) in [7, 11) is -3.75. The molecule has 0 saturated carbocycles. The van der Waals surface area contributed by atoms with E-state index in [-0.39, 0.29) is 41.9 Å². The van der Waals surface area contributed by atoms with Crippen molar-refractivity contribution in [1.29, 1.82) is 0 Å². The number of ether oxygens (including phenoxy) is 1. The van der Waals surface area contributed by atoms with E-state index in [1.54, 1.807) is 39.9 Å². The first-order valence-corrected chi connectivity index (χ1v) is 14.2. The molecule has 0 bridgehead atoms. The van der Waals surface area contributed by atoms with Gasteiger partial charge in [0.15, 0.2) is 0 Å². The smallest absolute Gasteiger partial charge is 0.228 e. The number of aromatic nitrogens is 2. The first-order chi connectivity index (χ1) is 17.2. The third kappa shape index (κ3) is 6.55. The summed E-state index contributed by atoms with van der Waals surface area (Å²) in [5.74, 6) is -0.236. The minimum Gasteiger partial charge on any atom is -0.376 e. The van der Waals surface area contributed by atoms with E-state index < -0.39 is 9.84 Å². The highest BCUT2D eigenvalue weighted by molar-refractivity contribution is 7.90. The van der Waals surface area contributed by atoms with Crippen LogP contribution in [0.5, 0.6) is 0 Å². The van der Waals surface area contributed by atoms with E-state index in [0.29, 0.717) is 29.4 Å². The third-order valence-electron chi connectivity index (χ3n) is 6.23. The lowest BCUT2D eigenvalue weighted by atomic mass is 10.1. The number of hydrogen-bond acceptors (Lipinski definition) is 5. The average Bonchev–Trinajstić information content (AvgIpc) is 3.49. The van der Waals surface area contributed by atoms with E-state index in [9.17, 15) is 13.2 Å². The van der Waals surface area contributed by atoms with Gasteiger partial charge < -0.3 is 14.2 Å². The second-order valence-corrected chi connectivity index (χ2v) is 11.8. The van der Waals surface area contributed by atoms with E-state index in [4.69, 9.17) is 16.3 Å². The highest BCUT2D eigenvalue weighted by Gasteiger charge is 2.28. The van der Waals surface area contributed by atoms with Gasteiger partial charge >= 0.3 is 0 Å². The maximum Gasteiger partial charge on any atom is 0.228 e. The van der Waals surface area contributed by atoms with Gasteiger partial charge in [-0.15, -0.1) is 0 Å². The molecule has 1 saturated heterocycles. The van der Waals surface area contributed by atoms with Crippen molar-refractivity contribution in [3.8, 4) is 0 Å². The summed E-state index contributed by atoms with van der Waals surface area (Å²) in [5, 5.41) is 0.484. The van der Waals surface area contributed by atoms with E-state index in [0.717, 1.165) is 18.4 Å². The predicted molar refractivity (Wildman–Crippen MR) is 139 cm³/mol. The Morgan fingerprint density at radius 2 is 1.92 bits per heavy atom. The Morgan fingerprint density at radius 1 is 1.17 bits per heavy atom. The molecule has 2 aromatic carbocycles. The Balaban J connectivity index is 1.61. The second kappa shape index (κ2) is 11.6. The Kier molecular flexibility index (Phi) is 8.49. The van der Waals surface area contributed by atoms with Gasteiger partial charge in [-0.1, -0.05) is 54.1 Å². The molecule has 7 nitrogen and oxygen atoms in total. The van der Waals surface area contributed by atoms with Crippen LogP contribution in [0.2, 0.25) is 5.02 Å². The molecule has 0 unspecified atom stereocenters. The lowest BCUT2D eigenvalue weighted by Crippen LogP contribution is -2.38. The maximum absolute atomic E-state index is 13.4. The number of halogens is 1. The molecule has 1 aromatic heterocycles. The van der Waals surface area contributed by atoms with Gasteiger partial charge in [0.1, 0.15) is 0 Å². The lowest BCUT2D eigenvalue weighted by Gasteiger charge is -2.27. The van der Waals surface area contributed by atoms with E-state index >= 15 is 0 Å². The van der Waals surface area contributed by atoms with Gasteiger partial charge in [-0.05, 0) is 49.9 Å². The molecule has 0 spiro atoms. The standard InChI is InChI=1S/C27H32ClN3O4S/c1-20(2)31-24(16-29-27(31)36(33,34)19-22-10-6-11-23(28)14-22)17-30(18-25-12-7-13-35-25)26(32)15-21-8-4-3-5-9-21/h3-6,8-11,14,16,20,25H,7,12-13,15,17-19H2,1-2H3/t25-/m1/s1. The Hall–Kier alpha value is -2.68. The largest absolute Gasteiger partial charge is 0.376 e. The molecule has 0 aliphatic carbocycles. The quantitative estimate of drug-likeness (QED) is 0.375. The highest BCUT2D eigenvalue weighted by Crippen LogP contribution is 2.24. The minimum absolute atomic E-state index is 0.0000465. The molecular formula is C27H32ClN3O4S. The average molecular weight is 530 g/mol. The minimum atomic E-state index is -3.75. The zero-order valence-electron chi connectivity index (χ0n) is 20.6. The second-order valence-electron chi connectivity index (χ2n) is 9.46. The lowest BCUT2D eigenvalue weighted by molar-refractivity contribution is -0.132. The van der Waals surface area contributed by atoms with Gasteiger partial charge in [0.05, 0.1) is 36.7 Å². The molecule has 192 valence electrons. The first-order valence-electron chi connectivity index (χ1n) is 12.2. The molecule has 0 radical (unpaired) electrons. The van der Waals surface area contributed by atoms with Crippen molar-refractivity contribution in [1.82, 2.24) is 14.5 Å². The van der Waals surface area contributed by atoms with Crippen molar-refractivity contribution >= 4 is 27.3 Å². The number of imidazole rings is 1. The third-order valence-corrected chi connectivity index (χ3v) is 8.04. The summed E-state index contributed by atoms with van der Waals surface area (Å²) in [6.07, 6.45) is 3.69. The van der Waals surface area contributed by atoms with Crippen molar-refractivity contribution in [3.05, 3.63) is 82.6 Å². The van der Waals surface area contributed by atoms with Gasteiger partial charge in [0.2, 0.25) is 20.9 Å². The Bertz CT molecular complexity index is 1290. The van der Waals surface area contributed by atoms with Crippen LogP contribution in [-0.4, -0.2) is 48.0 Å². The SMILES string of the molecule is CC(C)n1c(CN(C[C@H]2CCCO2)C(=O)Cc2ccccc2)cnc1S(=O)(=O)Cc1cccc(Cl)c1. The van der Waals surface area contributed by atoms with E-state index in [1.807, 2.05) is 44.2 Å². The number of hydrogen-bond donors (Lipinski definition) is 0. The Labute approximate surface area is 218 Å². The van der Waals surface area contributed by atoms with Crippen LogP contribution < -0.4 is 0 Å². The van der Waals surface area contributed by atoms with E-state index in [1.165, 1.54) is 0 Å². The summed E-state index contributed by atoms with van der Waals surface area (Å²) >= 11 is 6.06. The highest BCUT2D eigenvalue weighted by atomic mass is 35.5. The first kappa shape index (κ1) is 26.4. The van der Waals surface area contributed by atoms with Gasteiger partial charge in [0, 0.05) is 24.2 Å². The number of amides is 1. The zero-order chi connectivity index (χ0) is 25.7. The van der Waals surface area contributed by atoms with Crippen LogP contribution in [0.3, 0.4) is 0 Å². The van der Waals surface area contributed by atoms with Crippen molar-refractivity contribution in [2.45, 2.75) is 62.7 Å². The number of nitrogens with zero attached hydrogens (tertiary/aromatic N) is 3. The molecule has 1 amide bonds. The van der Waals surface area contributed by atoms with Gasteiger partial charge in [-0.3, -0.25) is 4.79 Å². The molecule has 1 aliphatic heterocycles. The molecule has 36 heavy (non-hydrogen) atoms. The van der Waals surface area contributed by atoms with Gasteiger partial charge in [0.25, 0.3) is 0 Å². The number of sulfone groups is 1. The van der Waals surface area contributed by atoms with Gasteiger partial charge in [-0.25, -0.2) is 13.4 Å². The van der Waals surface area contributed by atoms with E-state index in [2.05, 4.69) is 4.98 Å². The van der Waals surface area contributed by atoms with Crippen LogP contribution in [0.15, 0.2) is 66.0 Å². The molecule has 3 aromatic rings. The van der Waals surface area contributed by atoms with Crippen LogP contribution in [0.4, 0.5) is 0 Å². The number of carbonyl (C=O) groups is 1. The van der Waals surface area contributed by atoms with Crippen molar-refractivity contribution in [3.63, 3.8) is 0 Å². The molecule has 0 N–H and O–H groups in total. The number of benzene rings is 2. The monoisotopic (exact) mass is 529 g/mol. The van der Waals surface area contributed by atoms with Crippen LogP contribution >= 0.6 is 11.6 Å². The predicted octanol–water partition coefficient (Wildman–Crippen LogP) is 4.84. The van der Waals surface area contributed by atoms with Crippen LogP contribution in [0.25, 0.3) is 0 Å². The molecule has 1 fully saturated rings. The molecule has 1 atom stereocenters. The van der Waals surface area contributed by atoms with Crippen molar-refractivity contribution in [2.24, 2.45) is 0 Å². The number of rotatable bonds is 10. The summed E-state index contributed by atoms with van der Waals surface area (Å²) < 4.78 is 34.3. The Morgan fingerprint density at radius 3 is 2.58 bits per heavy atom. The fourth-order valence-corrected chi connectivity index (χ4v) is 6.36. The number of carbonyl (C=O) groups excluding carboxylic acids is 1. The van der Waals surface area contributed by atoms with Gasteiger partial charge in [-0.2, -0.15) is 0 Å². The summed E-state index contributed by atoms with van der Waals surface area (Å²) in [5.41, 5.74) is 2.21. The van der Waals surface area contributed by atoms with Crippen LogP contribution in [-0.2, 0) is 38.1 Å². The molecule has 1 aliphatic rings. The molecule has 2 heterocycles. The summed E-state index contributed by atoms with van der Waals surface area (Å²) in [4.78, 5) is 19.5. The normalized spacial score (nSPS) is 15.9. The maximum atomic E-state index is 13.4. The topological polar surface area (TPSA) is 81.5 Å². The van der Waals surface area contributed by atoms with Crippen molar-refractivity contribution in [2.75, 3.05) is 13.2 Å². The molecule has 9 heteroatoms. The van der Waals surface area contributed by atoms with Crippen molar-refractivity contribution < 1.29 is 17.9 Å².